The first-order chi connectivity index (χ1) is 16.5. The summed E-state index contributed by atoms with van der Waals surface area (Å²) in [4.78, 5) is 32.7. The van der Waals surface area contributed by atoms with Gasteiger partial charge in [0, 0.05) is 49.1 Å². The Balaban J connectivity index is 1.64. The summed E-state index contributed by atoms with van der Waals surface area (Å²) >= 11 is 0. The van der Waals surface area contributed by atoms with Gasteiger partial charge in [0.15, 0.2) is 0 Å². The Labute approximate surface area is 199 Å². The highest BCUT2D eigenvalue weighted by atomic mass is 16.5. The van der Waals surface area contributed by atoms with Crippen molar-refractivity contribution in [2.45, 2.75) is 19.4 Å². The molecule has 7 heteroatoms. The molecule has 0 aliphatic carbocycles. The van der Waals surface area contributed by atoms with E-state index in [0.717, 1.165) is 16.7 Å². The van der Waals surface area contributed by atoms with Gasteiger partial charge in [-0.05, 0) is 48.4 Å². The average molecular weight is 460 g/mol. The molecule has 1 aliphatic rings. The minimum Gasteiger partial charge on any atom is -0.497 e. The first kappa shape index (κ1) is 23.3. The van der Waals surface area contributed by atoms with Crippen molar-refractivity contribution in [2.75, 3.05) is 27.3 Å². The summed E-state index contributed by atoms with van der Waals surface area (Å²) in [5, 5.41) is 3.03. The zero-order valence-electron chi connectivity index (χ0n) is 19.7. The number of methoxy groups -OCH3 is 2. The van der Waals surface area contributed by atoms with Gasteiger partial charge in [-0.25, -0.2) is 0 Å². The molecule has 1 N–H and O–H groups in total. The number of hydrogen-bond donors (Lipinski definition) is 1. The first-order valence-electron chi connectivity index (χ1n) is 11.2. The van der Waals surface area contributed by atoms with E-state index in [-0.39, 0.29) is 17.7 Å². The molecule has 2 unspecified atom stereocenters. The van der Waals surface area contributed by atoms with Crippen molar-refractivity contribution in [2.24, 2.45) is 5.92 Å². The SMILES string of the molecule is COc1ccc(OC)c(C2CN(C(=O)c3ccccc3C)CC2C(=O)NCc2cccnc2)c1. The third kappa shape index (κ3) is 4.88. The van der Waals surface area contributed by atoms with Crippen molar-refractivity contribution in [3.05, 3.63) is 89.2 Å². The second-order valence-electron chi connectivity index (χ2n) is 8.43. The molecular formula is C27H29N3O4. The monoisotopic (exact) mass is 459 g/mol. The standard InChI is InChI=1S/C27H29N3O4/c1-18-7-4-5-9-21(18)27(32)30-16-23(22-13-20(33-2)10-11-25(22)34-3)24(17-30)26(31)29-15-19-8-6-12-28-14-19/h4-14,23-24H,15-17H2,1-3H3,(H,29,31). The van der Waals surface area contributed by atoms with Gasteiger partial charge < -0.3 is 19.7 Å². The number of nitrogens with one attached hydrogen (secondary N) is 1. The van der Waals surface area contributed by atoms with Crippen molar-refractivity contribution in [3.63, 3.8) is 0 Å². The number of likely N-dealkylation sites (tertiary alicyclic amines) is 1. The largest absolute Gasteiger partial charge is 0.497 e. The average Bonchev–Trinajstić information content (AvgIpc) is 3.33. The molecule has 2 heterocycles. The van der Waals surface area contributed by atoms with E-state index >= 15 is 0 Å². The molecule has 1 fully saturated rings. The van der Waals surface area contributed by atoms with E-state index in [1.807, 2.05) is 61.5 Å². The van der Waals surface area contributed by atoms with Gasteiger partial charge in [-0.2, -0.15) is 0 Å². The quantitative estimate of drug-likeness (QED) is 0.584. The summed E-state index contributed by atoms with van der Waals surface area (Å²) in [6.45, 7) is 3.01. The second kappa shape index (κ2) is 10.4. The molecule has 0 saturated carbocycles. The minimum absolute atomic E-state index is 0.0764. The summed E-state index contributed by atoms with van der Waals surface area (Å²) in [6, 6.07) is 16.8. The molecule has 0 radical (unpaired) electrons. The van der Waals surface area contributed by atoms with Gasteiger partial charge in [0.25, 0.3) is 5.91 Å². The van der Waals surface area contributed by atoms with E-state index in [0.29, 0.717) is 36.7 Å². The Bertz CT molecular complexity index is 1170. The minimum atomic E-state index is -0.439. The Morgan fingerprint density at radius 2 is 1.88 bits per heavy atom. The number of pyridine rings is 1. The zero-order valence-corrected chi connectivity index (χ0v) is 19.7. The summed E-state index contributed by atoms with van der Waals surface area (Å²) < 4.78 is 11.0. The maximum absolute atomic E-state index is 13.4. The molecule has 2 amide bonds. The molecule has 4 rings (SSSR count). The third-order valence-corrected chi connectivity index (χ3v) is 6.35. The predicted octanol–water partition coefficient (Wildman–Crippen LogP) is 3.58. The highest BCUT2D eigenvalue weighted by Crippen LogP contribution is 2.40. The fourth-order valence-electron chi connectivity index (χ4n) is 4.49. The Morgan fingerprint density at radius 1 is 1.06 bits per heavy atom. The maximum atomic E-state index is 13.4. The van der Waals surface area contributed by atoms with Crippen LogP contribution in [0.5, 0.6) is 11.5 Å². The molecule has 1 saturated heterocycles. The second-order valence-corrected chi connectivity index (χ2v) is 8.43. The van der Waals surface area contributed by atoms with Crippen LogP contribution in [-0.4, -0.2) is 49.0 Å². The lowest BCUT2D eigenvalue weighted by molar-refractivity contribution is -0.125. The molecule has 7 nitrogen and oxygen atoms in total. The van der Waals surface area contributed by atoms with E-state index in [1.165, 1.54) is 0 Å². The van der Waals surface area contributed by atoms with Crippen LogP contribution in [0.3, 0.4) is 0 Å². The molecular weight excluding hydrogens is 430 g/mol. The first-order valence-corrected chi connectivity index (χ1v) is 11.2. The highest BCUT2D eigenvalue weighted by Gasteiger charge is 2.42. The molecule has 1 aromatic heterocycles. The van der Waals surface area contributed by atoms with Crippen molar-refractivity contribution in [3.8, 4) is 11.5 Å². The number of rotatable bonds is 7. The topological polar surface area (TPSA) is 80.8 Å². The van der Waals surface area contributed by atoms with Gasteiger partial charge in [-0.1, -0.05) is 24.3 Å². The van der Waals surface area contributed by atoms with Gasteiger partial charge in [-0.15, -0.1) is 0 Å². The normalized spacial score (nSPS) is 17.3. The van der Waals surface area contributed by atoms with Crippen molar-refractivity contribution >= 4 is 11.8 Å². The van der Waals surface area contributed by atoms with E-state index in [4.69, 9.17) is 9.47 Å². The predicted molar refractivity (Wildman–Crippen MR) is 129 cm³/mol. The number of ether oxygens (including phenoxy) is 2. The lowest BCUT2D eigenvalue weighted by Crippen LogP contribution is -2.35. The van der Waals surface area contributed by atoms with Gasteiger partial charge in [0.1, 0.15) is 11.5 Å². The summed E-state index contributed by atoms with van der Waals surface area (Å²) in [5.41, 5.74) is 3.32. The van der Waals surface area contributed by atoms with Crippen LogP contribution in [0.1, 0.15) is 33.0 Å². The number of benzene rings is 2. The molecule has 2 atom stereocenters. The highest BCUT2D eigenvalue weighted by molar-refractivity contribution is 5.96. The number of amides is 2. The van der Waals surface area contributed by atoms with Crippen LogP contribution in [0.2, 0.25) is 0 Å². The smallest absolute Gasteiger partial charge is 0.254 e. The van der Waals surface area contributed by atoms with Gasteiger partial charge in [0.05, 0.1) is 20.1 Å². The van der Waals surface area contributed by atoms with Crippen LogP contribution >= 0.6 is 0 Å². The molecule has 0 spiro atoms. The van der Waals surface area contributed by atoms with E-state index in [1.54, 1.807) is 31.5 Å². The van der Waals surface area contributed by atoms with E-state index in [9.17, 15) is 9.59 Å². The molecule has 3 aromatic rings. The van der Waals surface area contributed by atoms with Crippen LogP contribution in [0.15, 0.2) is 67.0 Å². The fraction of sp³-hybridized carbons (Fsp3) is 0.296. The maximum Gasteiger partial charge on any atom is 0.254 e. The number of nitrogens with zero attached hydrogens (tertiary/aromatic N) is 2. The van der Waals surface area contributed by atoms with Crippen molar-refractivity contribution in [1.29, 1.82) is 0 Å². The van der Waals surface area contributed by atoms with Crippen LogP contribution < -0.4 is 14.8 Å². The van der Waals surface area contributed by atoms with Gasteiger partial charge in [-0.3, -0.25) is 14.6 Å². The number of carbonyl (C=O) groups excluding carboxylic acids is 2. The Morgan fingerprint density at radius 3 is 2.59 bits per heavy atom. The van der Waals surface area contributed by atoms with Crippen molar-refractivity contribution < 1.29 is 19.1 Å². The molecule has 176 valence electrons. The number of aryl methyl sites for hydroxylation is 1. The molecule has 2 aromatic carbocycles. The molecule has 1 aliphatic heterocycles. The number of aromatic nitrogens is 1. The lowest BCUT2D eigenvalue weighted by atomic mass is 9.87. The molecule has 34 heavy (non-hydrogen) atoms. The fourth-order valence-corrected chi connectivity index (χ4v) is 4.49. The lowest BCUT2D eigenvalue weighted by Gasteiger charge is -2.21. The summed E-state index contributed by atoms with van der Waals surface area (Å²) in [7, 11) is 3.21. The number of carbonyl (C=O) groups is 2. The van der Waals surface area contributed by atoms with Crippen molar-refractivity contribution in [1.82, 2.24) is 15.2 Å². The van der Waals surface area contributed by atoms with Gasteiger partial charge in [0.2, 0.25) is 5.91 Å². The van der Waals surface area contributed by atoms with Crippen LogP contribution in [-0.2, 0) is 11.3 Å². The van der Waals surface area contributed by atoms with Gasteiger partial charge >= 0.3 is 0 Å². The third-order valence-electron chi connectivity index (χ3n) is 6.35. The Kier molecular flexibility index (Phi) is 7.11. The van der Waals surface area contributed by atoms with E-state index in [2.05, 4.69) is 10.3 Å². The van der Waals surface area contributed by atoms with Crippen LogP contribution in [0.25, 0.3) is 0 Å². The van der Waals surface area contributed by atoms with E-state index < -0.39 is 5.92 Å². The number of hydrogen-bond acceptors (Lipinski definition) is 5. The molecule has 0 bridgehead atoms. The zero-order chi connectivity index (χ0) is 24.1. The van der Waals surface area contributed by atoms with Crippen LogP contribution in [0, 0.1) is 12.8 Å². The Hall–Kier alpha value is -3.87. The summed E-state index contributed by atoms with van der Waals surface area (Å²) in [6.07, 6.45) is 3.42. The van der Waals surface area contributed by atoms with Crippen LogP contribution in [0.4, 0.5) is 0 Å². The summed E-state index contributed by atoms with van der Waals surface area (Å²) in [5.74, 6) is 0.471.